The molecular formula is C30H33N5O3S2. The van der Waals surface area contributed by atoms with Crippen LogP contribution in [0, 0.1) is 5.41 Å². The van der Waals surface area contributed by atoms with Gasteiger partial charge in [0.2, 0.25) is 11.7 Å². The normalized spacial score (nSPS) is 15.7. The first-order valence-electron chi connectivity index (χ1n) is 13.2. The lowest BCUT2D eigenvalue weighted by Crippen LogP contribution is -2.52. The fraction of sp³-hybridized carbons (Fsp3) is 0.333. The van der Waals surface area contributed by atoms with Gasteiger partial charge in [-0.05, 0) is 19.1 Å². The summed E-state index contributed by atoms with van der Waals surface area (Å²) in [5.41, 5.74) is 1.71. The van der Waals surface area contributed by atoms with E-state index in [9.17, 15) is 9.59 Å². The van der Waals surface area contributed by atoms with Crippen molar-refractivity contribution in [1.29, 1.82) is 0 Å². The van der Waals surface area contributed by atoms with Crippen LogP contribution in [-0.2, 0) is 4.79 Å². The van der Waals surface area contributed by atoms with Gasteiger partial charge in [-0.25, -0.2) is 9.97 Å². The van der Waals surface area contributed by atoms with Gasteiger partial charge >= 0.3 is 0 Å². The number of aromatic nitrogens is 2. The van der Waals surface area contributed by atoms with E-state index < -0.39 is 5.41 Å². The van der Waals surface area contributed by atoms with E-state index in [2.05, 4.69) is 28.1 Å². The number of para-hydroxylation sites is 2. The zero-order valence-corrected chi connectivity index (χ0v) is 24.9. The van der Waals surface area contributed by atoms with Crippen molar-refractivity contribution in [2.75, 3.05) is 41.9 Å². The summed E-state index contributed by atoms with van der Waals surface area (Å²) in [6, 6.07) is 17.4. The van der Waals surface area contributed by atoms with Gasteiger partial charge in [0, 0.05) is 42.0 Å². The van der Waals surface area contributed by atoms with Crippen molar-refractivity contribution < 1.29 is 14.3 Å². The highest BCUT2D eigenvalue weighted by atomic mass is 32.1. The predicted molar refractivity (Wildman–Crippen MR) is 163 cm³/mol. The number of nitrogens with zero attached hydrogens (tertiary/aromatic N) is 4. The molecule has 2 aromatic carbocycles. The summed E-state index contributed by atoms with van der Waals surface area (Å²) in [4.78, 5) is 40.9. The summed E-state index contributed by atoms with van der Waals surface area (Å²) in [5.74, 6) is 0.776. The Kier molecular flexibility index (Phi) is 7.91. The Morgan fingerprint density at radius 3 is 2.45 bits per heavy atom. The van der Waals surface area contributed by atoms with E-state index in [4.69, 9.17) is 14.7 Å². The summed E-state index contributed by atoms with van der Waals surface area (Å²) >= 11 is 2.82. The largest absolute Gasteiger partial charge is 0.495 e. The van der Waals surface area contributed by atoms with E-state index in [1.165, 1.54) is 11.3 Å². The molecule has 3 heterocycles. The van der Waals surface area contributed by atoms with Gasteiger partial charge in [-0.2, -0.15) is 0 Å². The molecule has 1 N–H and O–H groups in total. The van der Waals surface area contributed by atoms with Crippen molar-refractivity contribution in [1.82, 2.24) is 9.97 Å². The van der Waals surface area contributed by atoms with Crippen LogP contribution in [0.15, 0.2) is 60.0 Å². The lowest BCUT2D eigenvalue weighted by molar-refractivity contribution is -0.123. The summed E-state index contributed by atoms with van der Waals surface area (Å²) in [6.07, 6.45) is 0. The van der Waals surface area contributed by atoms with Crippen molar-refractivity contribution in [3.63, 3.8) is 0 Å². The molecule has 40 heavy (non-hydrogen) atoms. The van der Waals surface area contributed by atoms with Gasteiger partial charge in [0.25, 0.3) is 0 Å². The van der Waals surface area contributed by atoms with Crippen LogP contribution in [-0.4, -0.2) is 54.4 Å². The minimum absolute atomic E-state index is 0.176. The Labute approximate surface area is 242 Å². The van der Waals surface area contributed by atoms with Crippen LogP contribution in [0.4, 0.5) is 16.6 Å². The molecule has 0 saturated carbocycles. The molecule has 4 aromatic rings. The van der Waals surface area contributed by atoms with Crippen LogP contribution in [0.25, 0.3) is 10.7 Å². The zero-order chi connectivity index (χ0) is 28.4. The quantitative estimate of drug-likeness (QED) is 0.262. The summed E-state index contributed by atoms with van der Waals surface area (Å²) in [6.45, 7) is 10.2. The standard InChI is InChI=1S/C30H33N5O3S2/c1-19-17-34(15-16-35(19)22-13-9-10-14-23(22)38-5)29-31-21(18-39-29)27-32-26(33-28(37)30(2,3)4)25(40-27)24(36)20-11-7-6-8-12-20/h6-14,18-19H,15-17H2,1-5H3,(H,33,37). The van der Waals surface area contributed by atoms with E-state index in [0.717, 1.165) is 36.2 Å². The number of carbonyl (C=O) groups is 2. The minimum Gasteiger partial charge on any atom is -0.495 e. The molecule has 1 atom stereocenters. The van der Waals surface area contributed by atoms with Crippen LogP contribution >= 0.6 is 22.7 Å². The number of benzene rings is 2. The average Bonchev–Trinajstić information content (AvgIpc) is 3.60. The van der Waals surface area contributed by atoms with Gasteiger partial charge in [-0.3, -0.25) is 9.59 Å². The Morgan fingerprint density at radius 2 is 1.75 bits per heavy atom. The van der Waals surface area contributed by atoms with Crippen LogP contribution in [0.2, 0.25) is 0 Å². The number of ketones is 1. The molecule has 1 aliphatic heterocycles. The number of ether oxygens (including phenoxy) is 1. The highest BCUT2D eigenvalue weighted by Crippen LogP contribution is 2.37. The fourth-order valence-electron chi connectivity index (χ4n) is 4.55. The van der Waals surface area contributed by atoms with Crippen LogP contribution < -0.4 is 19.9 Å². The second-order valence-corrected chi connectivity index (χ2v) is 12.6. The Morgan fingerprint density at radius 1 is 1.02 bits per heavy atom. The van der Waals surface area contributed by atoms with E-state index in [1.807, 2.05) is 62.5 Å². The van der Waals surface area contributed by atoms with Crippen LogP contribution in [0.3, 0.4) is 0 Å². The number of hydrogen-bond donors (Lipinski definition) is 1. The van der Waals surface area contributed by atoms with Crippen molar-refractivity contribution in [2.45, 2.75) is 33.7 Å². The van der Waals surface area contributed by atoms with Gasteiger partial charge in [-0.1, -0.05) is 63.2 Å². The van der Waals surface area contributed by atoms with Gasteiger partial charge in [0.1, 0.15) is 21.3 Å². The maximum Gasteiger partial charge on any atom is 0.230 e. The first kappa shape index (κ1) is 27.8. The third-order valence-electron chi connectivity index (χ3n) is 6.79. The zero-order valence-electron chi connectivity index (χ0n) is 23.3. The number of carbonyl (C=O) groups excluding carboxylic acids is 2. The molecule has 2 aromatic heterocycles. The third-order valence-corrected chi connectivity index (χ3v) is 8.76. The average molecular weight is 576 g/mol. The maximum absolute atomic E-state index is 13.4. The molecule has 10 heteroatoms. The number of thiazole rings is 2. The Hall–Kier alpha value is -3.76. The van der Waals surface area contributed by atoms with Crippen molar-refractivity contribution in [3.8, 4) is 16.5 Å². The molecule has 0 aliphatic carbocycles. The van der Waals surface area contributed by atoms with Gasteiger partial charge in [-0.15, -0.1) is 22.7 Å². The highest BCUT2D eigenvalue weighted by molar-refractivity contribution is 7.18. The molecule has 5 rings (SSSR count). The van der Waals surface area contributed by atoms with E-state index in [0.29, 0.717) is 21.1 Å². The third kappa shape index (κ3) is 5.73. The molecule has 1 saturated heterocycles. The molecule has 208 valence electrons. The van der Waals surface area contributed by atoms with Crippen molar-refractivity contribution in [2.24, 2.45) is 5.41 Å². The predicted octanol–water partition coefficient (Wildman–Crippen LogP) is 6.21. The molecule has 1 aliphatic rings. The molecule has 0 spiro atoms. The molecular weight excluding hydrogens is 542 g/mol. The number of piperazine rings is 1. The molecule has 1 unspecified atom stereocenters. The van der Waals surface area contributed by atoms with Crippen LogP contribution in [0.5, 0.6) is 5.75 Å². The number of nitrogens with one attached hydrogen (secondary N) is 1. The van der Waals surface area contributed by atoms with Gasteiger partial charge in [0.05, 0.1) is 12.8 Å². The van der Waals surface area contributed by atoms with E-state index >= 15 is 0 Å². The van der Waals surface area contributed by atoms with Crippen LogP contribution in [0.1, 0.15) is 42.9 Å². The number of hydrogen-bond acceptors (Lipinski definition) is 9. The number of anilines is 3. The van der Waals surface area contributed by atoms with Crippen molar-refractivity contribution in [3.05, 3.63) is 70.4 Å². The Bertz CT molecular complexity index is 1510. The number of methoxy groups -OCH3 is 1. The maximum atomic E-state index is 13.4. The number of rotatable bonds is 7. The summed E-state index contributed by atoms with van der Waals surface area (Å²) in [7, 11) is 1.70. The van der Waals surface area contributed by atoms with Gasteiger partial charge in [0.15, 0.2) is 10.9 Å². The van der Waals surface area contributed by atoms with E-state index in [1.54, 1.807) is 30.6 Å². The lowest BCUT2D eigenvalue weighted by Gasteiger charge is -2.41. The lowest BCUT2D eigenvalue weighted by atomic mass is 9.96. The Balaban J connectivity index is 1.39. The molecule has 0 bridgehead atoms. The SMILES string of the molecule is COc1ccccc1N1CCN(c2nc(-c3nc(NC(=O)C(C)(C)C)c(C(=O)c4ccccc4)s3)cs2)CC1C. The smallest absolute Gasteiger partial charge is 0.230 e. The number of amides is 1. The highest BCUT2D eigenvalue weighted by Gasteiger charge is 2.29. The summed E-state index contributed by atoms with van der Waals surface area (Å²) < 4.78 is 5.59. The van der Waals surface area contributed by atoms with E-state index in [-0.39, 0.29) is 23.6 Å². The van der Waals surface area contributed by atoms with Crippen molar-refractivity contribution >= 4 is 51.0 Å². The molecule has 0 radical (unpaired) electrons. The topological polar surface area (TPSA) is 87.7 Å². The molecule has 1 amide bonds. The fourth-order valence-corrected chi connectivity index (χ4v) is 6.41. The monoisotopic (exact) mass is 575 g/mol. The molecule has 8 nitrogen and oxygen atoms in total. The second-order valence-electron chi connectivity index (χ2n) is 10.8. The minimum atomic E-state index is -0.632. The first-order valence-corrected chi connectivity index (χ1v) is 14.9. The second kappa shape index (κ2) is 11.4. The van der Waals surface area contributed by atoms with Gasteiger partial charge < -0.3 is 19.9 Å². The summed E-state index contributed by atoms with van der Waals surface area (Å²) in [5, 5.41) is 6.37. The first-order chi connectivity index (χ1) is 19.2. The molecule has 1 fully saturated rings.